The molecule has 1 rings (SSSR count). The van der Waals surface area contributed by atoms with Crippen LogP contribution in [0.2, 0.25) is 0 Å². The van der Waals surface area contributed by atoms with Gasteiger partial charge in [-0.2, -0.15) is 0 Å². The highest BCUT2D eigenvalue weighted by molar-refractivity contribution is 6.17. The highest BCUT2D eigenvalue weighted by Crippen LogP contribution is 2.18. The molecule has 0 aliphatic rings. The summed E-state index contributed by atoms with van der Waals surface area (Å²) >= 11 is 5.76. The molecule has 0 aliphatic carbocycles. The Labute approximate surface area is 102 Å². The van der Waals surface area contributed by atoms with Gasteiger partial charge in [-0.3, -0.25) is 4.98 Å². The topological polar surface area (TPSA) is 31.4 Å². The van der Waals surface area contributed by atoms with Gasteiger partial charge in [0.05, 0.1) is 12.5 Å². The summed E-state index contributed by atoms with van der Waals surface area (Å²) in [4.78, 5) is 3.99. The van der Waals surface area contributed by atoms with Gasteiger partial charge in [-0.15, -0.1) is 11.6 Å². The van der Waals surface area contributed by atoms with Crippen LogP contribution in [0.5, 0.6) is 5.75 Å². The van der Waals surface area contributed by atoms with E-state index in [-0.39, 0.29) is 0 Å². The number of hydrogen-bond donors (Lipinski definition) is 0. The molecule has 0 N–H and O–H groups in total. The first kappa shape index (κ1) is 13.3. The summed E-state index contributed by atoms with van der Waals surface area (Å²) in [5.74, 6) is 1.76. The zero-order valence-electron chi connectivity index (χ0n) is 9.78. The summed E-state index contributed by atoms with van der Waals surface area (Å²) < 4.78 is 11.0. The number of aromatic nitrogens is 1. The first-order valence-electron chi connectivity index (χ1n) is 5.43. The van der Waals surface area contributed by atoms with Gasteiger partial charge in [0.15, 0.2) is 0 Å². The molecule has 0 fully saturated rings. The Morgan fingerprint density at radius 3 is 2.88 bits per heavy atom. The summed E-state index contributed by atoms with van der Waals surface area (Å²) in [5.41, 5.74) is 0.910. The van der Waals surface area contributed by atoms with E-state index in [1.165, 1.54) is 0 Å². The van der Waals surface area contributed by atoms with Crippen molar-refractivity contribution in [2.75, 3.05) is 19.8 Å². The molecule has 0 bridgehead atoms. The van der Waals surface area contributed by atoms with Crippen LogP contribution in [-0.4, -0.2) is 24.8 Å². The van der Waals surface area contributed by atoms with Gasteiger partial charge in [0.1, 0.15) is 12.4 Å². The van der Waals surface area contributed by atoms with Crippen molar-refractivity contribution in [3.63, 3.8) is 0 Å². The molecule has 0 aliphatic heterocycles. The molecule has 0 aromatic carbocycles. The maximum absolute atomic E-state index is 5.76. The predicted octanol–water partition coefficient (Wildman–Crippen LogP) is 2.87. The SMILES string of the molecule is CC(C)COCCOc1ccncc1CCl. The lowest BCUT2D eigenvalue weighted by Gasteiger charge is -2.10. The van der Waals surface area contributed by atoms with Crippen LogP contribution < -0.4 is 4.74 Å². The van der Waals surface area contributed by atoms with E-state index in [4.69, 9.17) is 21.1 Å². The number of hydrogen-bond acceptors (Lipinski definition) is 3. The Kier molecular flexibility index (Phi) is 6.19. The standard InChI is InChI=1S/C12H18ClNO2/c1-10(2)9-15-5-6-16-12-3-4-14-8-11(12)7-13/h3-4,8,10H,5-7,9H2,1-2H3. The number of halogens is 1. The van der Waals surface area contributed by atoms with Crippen molar-refractivity contribution in [1.29, 1.82) is 0 Å². The zero-order chi connectivity index (χ0) is 11.8. The van der Waals surface area contributed by atoms with E-state index in [9.17, 15) is 0 Å². The van der Waals surface area contributed by atoms with Crippen molar-refractivity contribution < 1.29 is 9.47 Å². The van der Waals surface area contributed by atoms with Gasteiger partial charge >= 0.3 is 0 Å². The van der Waals surface area contributed by atoms with Crippen LogP contribution in [0.15, 0.2) is 18.5 Å². The third-order valence-corrected chi connectivity index (χ3v) is 2.23. The molecule has 0 unspecified atom stereocenters. The van der Waals surface area contributed by atoms with Gasteiger partial charge < -0.3 is 9.47 Å². The number of alkyl halides is 1. The first-order valence-corrected chi connectivity index (χ1v) is 5.97. The Morgan fingerprint density at radius 1 is 1.38 bits per heavy atom. The summed E-state index contributed by atoms with van der Waals surface area (Å²) in [6.07, 6.45) is 3.41. The maximum atomic E-state index is 5.76. The van der Waals surface area contributed by atoms with Crippen molar-refractivity contribution in [3.8, 4) is 5.75 Å². The Hall–Kier alpha value is -0.800. The van der Waals surface area contributed by atoms with Crippen LogP contribution in [-0.2, 0) is 10.6 Å². The van der Waals surface area contributed by atoms with Crippen molar-refractivity contribution in [2.45, 2.75) is 19.7 Å². The smallest absolute Gasteiger partial charge is 0.126 e. The fourth-order valence-electron chi connectivity index (χ4n) is 1.19. The van der Waals surface area contributed by atoms with Crippen LogP contribution in [0.1, 0.15) is 19.4 Å². The minimum absolute atomic E-state index is 0.413. The van der Waals surface area contributed by atoms with E-state index in [2.05, 4.69) is 18.8 Å². The molecule has 0 saturated heterocycles. The van der Waals surface area contributed by atoms with Gasteiger partial charge in [-0.25, -0.2) is 0 Å². The van der Waals surface area contributed by atoms with Crippen LogP contribution in [0.3, 0.4) is 0 Å². The summed E-state index contributed by atoms with van der Waals surface area (Å²) in [6, 6.07) is 1.82. The molecule has 4 heteroatoms. The van der Waals surface area contributed by atoms with E-state index in [1.807, 2.05) is 6.07 Å². The largest absolute Gasteiger partial charge is 0.491 e. The molecule has 1 aromatic heterocycles. The highest BCUT2D eigenvalue weighted by Gasteiger charge is 2.01. The molecular weight excluding hydrogens is 226 g/mol. The predicted molar refractivity (Wildman–Crippen MR) is 64.9 cm³/mol. The lowest BCUT2D eigenvalue weighted by Crippen LogP contribution is -2.10. The molecule has 1 aromatic rings. The van der Waals surface area contributed by atoms with Gasteiger partial charge in [-0.1, -0.05) is 13.8 Å². The minimum atomic E-state index is 0.413. The molecule has 3 nitrogen and oxygen atoms in total. The molecule has 16 heavy (non-hydrogen) atoms. The number of nitrogens with zero attached hydrogens (tertiary/aromatic N) is 1. The second kappa shape index (κ2) is 7.47. The van der Waals surface area contributed by atoms with E-state index in [1.54, 1.807) is 12.4 Å². The van der Waals surface area contributed by atoms with Gasteiger partial charge in [0, 0.05) is 24.6 Å². The molecular formula is C12H18ClNO2. The quantitative estimate of drug-likeness (QED) is 0.545. The number of ether oxygens (including phenoxy) is 2. The fourth-order valence-corrected chi connectivity index (χ4v) is 1.39. The second-order valence-electron chi connectivity index (χ2n) is 3.93. The molecule has 0 saturated carbocycles. The highest BCUT2D eigenvalue weighted by atomic mass is 35.5. The van der Waals surface area contributed by atoms with Crippen molar-refractivity contribution in [1.82, 2.24) is 4.98 Å². The second-order valence-corrected chi connectivity index (χ2v) is 4.20. The molecule has 90 valence electrons. The van der Waals surface area contributed by atoms with Crippen LogP contribution in [0.25, 0.3) is 0 Å². The maximum Gasteiger partial charge on any atom is 0.126 e. The van der Waals surface area contributed by atoms with Crippen LogP contribution in [0.4, 0.5) is 0 Å². The summed E-state index contributed by atoms with van der Waals surface area (Å²) in [7, 11) is 0. The normalized spacial score (nSPS) is 10.8. The molecule has 0 spiro atoms. The Bertz CT molecular complexity index is 305. The lowest BCUT2D eigenvalue weighted by molar-refractivity contribution is 0.0816. The van der Waals surface area contributed by atoms with E-state index in [0.717, 1.165) is 17.9 Å². The first-order chi connectivity index (χ1) is 7.74. The molecule has 0 atom stereocenters. The molecule has 0 amide bonds. The van der Waals surface area contributed by atoms with Crippen LogP contribution in [0, 0.1) is 5.92 Å². The molecule has 0 radical (unpaired) electrons. The lowest BCUT2D eigenvalue weighted by atomic mass is 10.2. The van der Waals surface area contributed by atoms with Gasteiger partial charge in [0.2, 0.25) is 0 Å². The third kappa shape index (κ3) is 4.81. The third-order valence-electron chi connectivity index (χ3n) is 1.94. The van der Waals surface area contributed by atoms with Crippen molar-refractivity contribution in [2.24, 2.45) is 5.92 Å². The molecule has 1 heterocycles. The average Bonchev–Trinajstić information content (AvgIpc) is 2.29. The minimum Gasteiger partial charge on any atom is -0.491 e. The van der Waals surface area contributed by atoms with E-state index < -0.39 is 0 Å². The summed E-state index contributed by atoms with van der Waals surface area (Å²) in [5, 5.41) is 0. The number of pyridine rings is 1. The van der Waals surface area contributed by atoms with Gasteiger partial charge in [0.25, 0.3) is 0 Å². The monoisotopic (exact) mass is 243 g/mol. The fraction of sp³-hybridized carbons (Fsp3) is 0.583. The summed E-state index contributed by atoms with van der Waals surface area (Å²) in [6.45, 7) is 6.15. The number of rotatable bonds is 7. The Morgan fingerprint density at radius 2 is 2.19 bits per heavy atom. The van der Waals surface area contributed by atoms with E-state index in [0.29, 0.717) is 25.0 Å². The van der Waals surface area contributed by atoms with Gasteiger partial charge in [-0.05, 0) is 12.0 Å². The van der Waals surface area contributed by atoms with Crippen LogP contribution >= 0.6 is 11.6 Å². The van der Waals surface area contributed by atoms with E-state index >= 15 is 0 Å². The average molecular weight is 244 g/mol. The Balaban J connectivity index is 2.26. The van der Waals surface area contributed by atoms with Crippen molar-refractivity contribution in [3.05, 3.63) is 24.0 Å². The zero-order valence-corrected chi connectivity index (χ0v) is 10.5. The van der Waals surface area contributed by atoms with Crippen molar-refractivity contribution >= 4 is 11.6 Å².